The molecule has 21 heavy (non-hydrogen) atoms. The lowest BCUT2D eigenvalue weighted by Gasteiger charge is -2.10. The van der Waals surface area contributed by atoms with Gasteiger partial charge in [-0.2, -0.15) is 0 Å². The summed E-state index contributed by atoms with van der Waals surface area (Å²) in [5.74, 6) is 0.987. The molecule has 0 unspecified atom stereocenters. The Morgan fingerprint density at radius 2 is 1.67 bits per heavy atom. The SMILES string of the molecule is CCCCOc1cccc2cc(-c3ccccc3)ccc12. The van der Waals surface area contributed by atoms with Crippen LogP contribution in [0.2, 0.25) is 0 Å². The Labute approximate surface area is 126 Å². The molecule has 0 N–H and O–H groups in total. The van der Waals surface area contributed by atoms with Crippen molar-refractivity contribution in [2.75, 3.05) is 6.61 Å². The zero-order valence-corrected chi connectivity index (χ0v) is 12.4. The van der Waals surface area contributed by atoms with E-state index in [1.807, 2.05) is 6.07 Å². The summed E-state index contributed by atoms with van der Waals surface area (Å²) < 4.78 is 5.91. The van der Waals surface area contributed by atoms with Gasteiger partial charge in [0.15, 0.2) is 0 Å². The minimum Gasteiger partial charge on any atom is -0.493 e. The van der Waals surface area contributed by atoms with Gasteiger partial charge >= 0.3 is 0 Å². The number of fused-ring (bicyclic) bond motifs is 1. The summed E-state index contributed by atoms with van der Waals surface area (Å²) in [4.78, 5) is 0. The molecule has 0 aliphatic carbocycles. The van der Waals surface area contributed by atoms with Gasteiger partial charge < -0.3 is 4.74 Å². The maximum Gasteiger partial charge on any atom is 0.127 e. The molecule has 3 rings (SSSR count). The molecule has 0 atom stereocenters. The molecule has 1 heteroatoms. The van der Waals surface area contributed by atoms with E-state index in [4.69, 9.17) is 4.74 Å². The third-order valence-corrected chi connectivity index (χ3v) is 3.70. The Balaban J connectivity index is 1.96. The van der Waals surface area contributed by atoms with Crippen LogP contribution in [0.5, 0.6) is 5.75 Å². The van der Waals surface area contributed by atoms with Crippen molar-refractivity contribution in [1.29, 1.82) is 0 Å². The van der Waals surface area contributed by atoms with E-state index in [1.54, 1.807) is 0 Å². The normalized spacial score (nSPS) is 10.7. The third-order valence-electron chi connectivity index (χ3n) is 3.70. The molecule has 1 nitrogen and oxygen atoms in total. The molecule has 0 spiro atoms. The summed E-state index contributed by atoms with van der Waals surface area (Å²) in [6.07, 6.45) is 2.25. The molecular formula is C20H20O. The summed E-state index contributed by atoms with van der Waals surface area (Å²) in [6, 6.07) is 23.3. The van der Waals surface area contributed by atoms with E-state index in [0.29, 0.717) is 0 Å². The molecule has 0 aliphatic rings. The van der Waals surface area contributed by atoms with Crippen molar-refractivity contribution < 1.29 is 4.74 Å². The van der Waals surface area contributed by atoms with Gasteiger partial charge in [-0.3, -0.25) is 0 Å². The third kappa shape index (κ3) is 3.08. The van der Waals surface area contributed by atoms with Crippen molar-refractivity contribution >= 4 is 10.8 Å². The molecule has 0 bridgehead atoms. The van der Waals surface area contributed by atoms with Gasteiger partial charge in [0.2, 0.25) is 0 Å². The van der Waals surface area contributed by atoms with Gasteiger partial charge in [0, 0.05) is 5.39 Å². The fraction of sp³-hybridized carbons (Fsp3) is 0.200. The lowest BCUT2D eigenvalue weighted by atomic mass is 10.0. The van der Waals surface area contributed by atoms with Gasteiger partial charge in [0.25, 0.3) is 0 Å². The molecule has 3 aromatic carbocycles. The summed E-state index contributed by atoms with van der Waals surface area (Å²) in [5.41, 5.74) is 2.49. The number of hydrogen-bond acceptors (Lipinski definition) is 1. The van der Waals surface area contributed by atoms with Crippen LogP contribution in [0.25, 0.3) is 21.9 Å². The fourth-order valence-electron chi connectivity index (χ4n) is 2.52. The summed E-state index contributed by atoms with van der Waals surface area (Å²) >= 11 is 0. The van der Waals surface area contributed by atoms with Crippen molar-refractivity contribution in [1.82, 2.24) is 0 Å². The average molecular weight is 276 g/mol. The maximum absolute atomic E-state index is 5.91. The predicted octanol–water partition coefficient (Wildman–Crippen LogP) is 5.69. The van der Waals surface area contributed by atoms with Crippen molar-refractivity contribution in [3.8, 4) is 16.9 Å². The predicted molar refractivity (Wildman–Crippen MR) is 89.8 cm³/mol. The Morgan fingerprint density at radius 3 is 2.48 bits per heavy atom. The lowest BCUT2D eigenvalue weighted by Crippen LogP contribution is -1.96. The first-order valence-electron chi connectivity index (χ1n) is 7.59. The average Bonchev–Trinajstić information content (AvgIpc) is 2.55. The maximum atomic E-state index is 5.91. The van der Waals surface area contributed by atoms with Crippen molar-refractivity contribution in [2.24, 2.45) is 0 Å². The molecule has 0 saturated carbocycles. The molecule has 0 radical (unpaired) electrons. The van der Waals surface area contributed by atoms with Gasteiger partial charge in [0.1, 0.15) is 5.75 Å². The van der Waals surface area contributed by atoms with Crippen LogP contribution in [-0.4, -0.2) is 6.61 Å². The highest BCUT2D eigenvalue weighted by Crippen LogP contribution is 2.30. The molecule has 0 heterocycles. The molecule has 0 saturated heterocycles. The van der Waals surface area contributed by atoms with Gasteiger partial charge in [-0.15, -0.1) is 0 Å². The van der Waals surface area contributed by atoms with Gasteiger partial charge in [0.05, 0.1) is 6.61 Å². The van der Waals surface area contributed by atoms with Crippen molar-refractivity contribution in [3.63, 3.8) is 0 Å². The van der Waals surface area contributed by atoms with Gasteiger partial charge in [-0.1, -0.05) is 67.9 Å². The van der Waals surface area contributed by atoms with E-state index in [1.165, 1.54) is 21.9 Å². The summed E-state index contributed by atoms with van der Waals surface area (Å²) in [5, 5.41) is 2.42. The van der Waals surface area contributed by atoms with Gasteiger partial charge in [-0.05, 0) is 35.1 Å². The number of benzene rings is 3. The monoisotopic (exact) mass is 276 g/mol. The molecule has 0 fully saturated rings. The minimum absolute atomic E-state index is 0.788. The highest BCUT2D eigenvalue weighted by molar-refractivity contribution is 5.91. The largest absolute Gasteiger partial charge is 0.493 e. The standard InChI is InChI=1S/C20H20O/c1-2-3-14-21-20-11-7-10-18-15-17(12-13-19(18)20)16-8-5-4-6-9-16/h4-13,15H,2-3,14H2,1H3. The zero-order valence-electron chi connectivity index (χ0n) is 12.4. The second kappa shape index (κ2) is 6.45. The van der Waals surface area contributed by atoms with E-state index >= 15 is 0 Å². The van der Waals surface area contributed by atoms with Crippen LogP contribution in [0.4, 0.5) is 0 Å². The quantitative estimate of drug-likeness (QED) is 0.544. The number of hydrogen-bond donors (Lipinski definition) is 0. The molecular weight excluding hydrogens is 256 g/mol. The van der Waals surface area contributed by atoms with Crippen LogP contribution in [-0.2, 0) is 0 Å². The van der Waals surface area contributed by atoms with Gasteiger partial charge in [-0.25, -0.2) is 0 Å². The van der Waals surface area contributed by atoms with E-state index in [0.717, 1.165) is 25.2 Å². The number of unbranched alkanes of at least 4 members (excludes halogenated alkanes) is 1. The van der Waals surface area contributed by atoms with E-state index in [2.05, 4.69) is 67.6 Å². The second-order valence-electron chi connectivity index (χ2n) is 5.26. The van der Waals surface area contributed by atoms with E-state index < -0.39 is 0 Å². The molecule has 3 aromatic rings. The Hall–Kier alpha value is -2.28. The first-order chi connectivity index (χ1) is 10.4. The van der Waals surface area contributed by atoms with Crippen LogP contribution in [0.3, 0.4) is 0 Å². The van der Waals surface area contributed by atoms with Crippen LogP contribution in [0, 0.1) is 0 Å². The Morgan fingerprint density at radius 1 is 0.810 bits per heavy atom. The van der Waals surface area contributed by atoms with Crippen LogP contribution < -0.4 is 4.74 Å². The summed E-state index contributed by atoms with van der Waals surface area (Å²) in [6.45, 7) is 2.97. The topological polar surface area (TPSA) is 9.23 Å². The first-order valence-corrected chi connectivity index (χ1v) is 7.59. The van der Waals surface area contributed by atoms with Crippen LogP contribution in [0.1, 0.15) is 19.8 Å². The van der Waals surface area contributed by atoms with E-state index in [-0.39, 0.29) is 0 Å². The van der Waals surface area contributed by atoms with Crippen molar-refractivity contribution in [3.05, 3.63) is 66.7 Å². The number of rotatable bonds is 5. The highest BCUT2D eigenvalue weighted by atomic mass is 16.5. The molecule has 106 valence electrons. The first kappa shape index (κ1) is 13.7. The smallest absolute Gasteiger partial charge is 0.127 e. The Bertz CT molecular complexity index is 716. The summed E-state index contributed by atoms with van der Waals surface area (Å²) in [7, 11) is 0. The fourth-order valence-corrected chi connectivity index (χ4v) is 2.52. The molecule has 0 aliphatic heterocycles. The number of ether oxygens (including phenoxy) is 1. The van der Waals surface area contributed by atoms with E-state index in [9.17, 15) is 0 Å². The minimum atomic E-state index is 0.788. The van der Waals surface area contributed by atoms with Crippen LogP contribution in [0.15, 0.2) is 66.7 Å². The molecule has 0 amide bonds. The second-order valence-corrected chi connectivity index (χ2v) is 5.26. The molecule has 0 aromatic heterocycles. The lowest BCUT2D eigenvalue weighted by molar-refractivity contribution is 0.313. The van der Waals surface area contributed by atoms with Crippen LogP contribution >= 0.6 is 0 Å². The van der Waals surface area contributed by atoms with Crippen molar-refractivity contribution in [2.45, 2.75) is 19.8 Å². The Kier molecular flexibility index (Phi) is 4.20. The zero-order chi connectivity index (χ0) is 14.5. The highest BCUT2D eigenvalue weighted by Gasteiger charge is 2.04.